The lowest BCUT2D eigenvalue weighted by molar-refractivity contribution is 0.0974. The summed E-state index contributed by atoms with van der Waals surface area (Å²) in [6, 6.07) is 21.4. The van der Waals surface area contributed by atoms with E-state index >= 15 is 0 Å². The average Bonchev–Trinajstić information content (AvgIpc) is 3.24. The van der Waals surface area contributed by atoms with Gasteiger partial charge in [-0.25, -0.2) is 4.98 Å². The van der Waals surface area contributed by atoms with Crippen LogP contribution in [0.25, 0.3) is 21.7 Å². The zero-order valence-electron chi connectivity index (χ0n) is 12.3. The second kappa shape index (κ2) is 5.82. The molecule has 2 heterocycles. The average molecular weight is 318 g/mol. The third-order valence-electron chi connectivity index (χ3n) is 3.79. The molecule has 4 rings (SSSR count). The molecule has 0 N–H and O–H groups in total. The van der Waals surface area contributed by atoms with Gasteiger partial charge >= 0.3 is 0 Å². The molecule has 0 aliphatic rings. The number of nitrogens with zero attached hydrogens (tertiary/aromatic N) is 2. The lowest BCUT2D eigenvalue weighted by Crippen LogP contribution is -2.11. The zero-order chi connectivity index (χ0) is 15.6. The van der Waals surface area contributed by atoms with E-state index in [1.807, 2.05) is 76.7 Å². The molecule has 4 heteroatoms. The van der Waals surface area contributed by atoms with E-state index in [0.717, 1.165) is 27.3 Å². The number of rotatable bonds is 4. The maximum absolute atomic E-state index is 12.6. The second-order valence-electron chi connectivity index (χ2n) is 5.28. The van der Waals surface area contributed by atoms with Gasteiger partial charge in [0.25, 0.3) is 0 Å². The molecule has 23 heavy (non-hydrogen) atoms. The monoisotopic (exact) mass is 318 g/mol. The third kappa shape index (κ3) is 2.58. The molecular weight excluding hydrogens is 304 g/mol. The number of benzene rings is 2. The number of hydrogen-bond donors (Lipinski definition) is 0. The molecule has 2 aromatic carbocycles. The van der Waals surface area contributed by atoms with Crippen LogP contribution in [-0.4, -0.2) is 15.3 Å². The van der Waals surface area contributed by atoms with Crippen LogP contribution in [0.4, 0.5) is 0 Å². The van der Waals surface area contributed by atoms with Crippen LogP contribution in [0.1, 0.15) is 10.4 Å². The standard InChI is InChI=1S/C19H14N2OS/c22-17(14-7-2-1-3-8-14)13-21-16-10-5-4-9-15(16)20-19(21)18-11-6-12-23-18/h1-12H,13H2. The first-order valence-corrected chi connectivity index (χ1v) is 8.28. The number of aromatic nitrogens is 2. The summed E-state index contributed by atoms with van der Waals surface area (Å²) in [6.07, 6.45) is 0. The van der Waals surface area contributed by atoms with Crippen molar-refractivity contribution in [2.75, 3.05) is 0 Å². The van der Waals surface area contributed by atoms with Crippen molar-refractivity contribution < 1.29 is 4.79 Å². The van der Waals surface area contributed by atoms with Crippen LogP contribution in [0.5, 0.6) is 0 Å². The van der Waals surface area contributed by atoms with E-state index in [1.54, 1.807) is 11.3 Å². The smallest absolute Gasteiger partial charge is 0.182 e. The van der Waals surface area contributed by atoms with Crippen molar-refractivity contribution in [2.24, 2.45) is 0 Å². The molecule has 3 nitrogen and oxygen atoms in total. The number of imidazole rings is 1. The molecule has 0 spiro atoms. The van der Waals surface area contributed by atoms with Gasteiger partial charge in [-0.3, -0.25) is 4.79 Å². The van der Waals surface area contributed by atoms with Gasteiger partial charge < -0.3 is 4.57 Å². The van der Waals surface area contributed by atoms with Crippen LogP contribution < -0.4 is 0 Å². The Morgan fingerprint density at radius 1 is 0.957 bits per heavy atom. The molecule has 112 valence electrons. The molecule has 0 saturated carbocycles. The molecule has 4 aromatic rings. The maximum Gasteiger partial charge on any atom is 0.182 e. The quantitative estimate of drug-likeness (QED) is 0.513. The van der Waals surface area contributed by atoms with Crippen LogP contribution >= 0.6 is 11.3 Å². The summed E-state index contributed by atoms with van der Waals surface area (Å²) in [4.78, 5) is 18.4. The first-order valence-electron chi connectivity index (χ1n) is 7.40. The number of carbonyl (C=O) groups is 1. The van der Waals surface area contributed by atoms with Gasteiger partial charge in [0.15, 0.2) is 11.6 Å². The Hall–Kier alpha value is -2.72. The number of para-hydroxylation sites is 2. The Labute approximate surface area is 137 Å². The highest BCUT2D eigenvalue weighted by atomic mass is 32.1. The van der Waals surface area contributed by atoms with Crippen molar-refractivity contribution in [3.8, 4) is 10.7 Å². The van der Waals surface area contributed by atoms with E-state index in [0.29, 0.717) is 0 Å². The zero-order valence-corrected chi connectivity index (χ0v) is 13.2. The highest BCUT2D eigenvalue weighted by Crippen LogP contribution is 2.28. The number of ketones is 1. The van der Waals surface area contributed by atoms with Crippen LogP contribution in [0, 0.1) is 0 Å². The summed E-state index contributed by atoms with van der Waals surface area (Å²) in [6.45, 7) is 0.289. The molecule has 0 aliphatic heterocycles. The van der Waals surface area contributed by atoms with Crippen molar-refractivity contribution in [1.29, 1.82) is 0 Å². The fraction of sp³-hybridized carbons (Fsp3) is 0.0526. The minimum atomic E-state index is 0.0894. The number of Topliss-reactive ketones (excluding diaryl/α,β-unsaturated/α-hetero) is 1. The van der Waals surface area contributed by atoms with Gasteiger partial charge in [0, 0.05) is 5.56 Å². The molecule has 2 aromatic heterocycles. The van der Waals surface area contributed by atoms with Crippen molar-refractivity contribution in [3.05, 3.63) is 77.7 Å². The highest BCUT2D eigenvalue weighted by Gasteiger charge is 2.16. The van der Waals surface area contributed by atoms with E-state index in [1.165, 1.54) is 0 Å². The summed E-state index contributed by atoms with van der Waals surface area (Å²) >= 11 is 1.63. The SMILES string of the molecule is O=C(Cn1c(-c2cccs2)nc2ccccc21)c1ccccc1. The number of thiophene rings is 1. The van der Waals surface area contributed by atoms with Crippen LogP contribution in [0.15, 0.2) is 72.1 Å². The first-order chi connectivity index (χ1) is 11.3. The lowest BCUT2D eigenvalue weighted by atomic mass is 10.1. The van der Waals surface area contributed by atoms with E-state index in [4.69, 9.17) is 4.98 Å². The topological polar surface area (TPSA) is 34.9 Å². The van der Waals surface area contributed by atoms with Gasteiger partial charge in [-0.05, 0) is 23.6 Å². The van der Waals surface area contributed by atoms with Gasteiger partial charge in [-0.2, -0.15) is 0 Å². The number of fused-ring (bicyclic) bond motifs is 1. The Morgan fingerprint density at radius 3 is 2.52 bits per heavy atom. The van der Waals surface area contributed by atoms with Crippen LogP contribution in [-0.2, 0) is 6.54 Å². The Balaban J connectivity index is 1.82. The van der Waals surface area contributed by atoms with Gasteiger partial charge in [0.2, 0.25) is 0 Å². The van der Waals surface area contributed by atoms with Gasteiger partial charge in [-0.1, -0.05) is 48.5 Å². The molecule has 0 amide bonds. The Bertz CT molecular complexity index is 956. The molecule has 0 unspecified atom stereocenters. The number of carbonyl (C=O) groups excluding carboxylic acids is 1. The van der Waals surface area contributed by atoms with Crippen LogP contribution in [0.3, 0.4) is 0 Å². The van der Waals surface area contributed by atoms with E-state index in [2.05, 4.69) is 0 Å². The Kier molecular flexibility index (Phi) is 3.52. The molecule has 0 atom stereocenters. The summed E-state index contributed by atoms with van der Waals surface area (Å²) < 4.78 is 2.01. The molecule has 0 radical (unpaired) electrons. The van der Waals surface area contributed by atoms with E-state index in [-0.39, 0.29) is 12.3 Å². The van der Waals surface area contributed by atoms with Crippen molar-refractivity contribution >= 4 is 28.2 Å². The number of hydrogen-bond acceptors (Lipinski definition) is 3. The van der Waals surface area contributed by atoms with Gasteiger partial charge in [0.1, 0.15) is 0 Å². The summed E-state index contributed by atoms with van der Waals surface area (Å²) in [5.74, 6) is 0.942. The van der Waals surface area contributed by atoms with Crippen molar-refractivity contribution in [2.45, 2.75) is 6.54 Å². The van der Waals surface area contributed by atoms with Crippen molar-refractivity contribution in [1.82, 2.24) is 9.55 Å². The Morgan fingerprint density at radius 2 is 1.74 bits per heavy atom. The minimum absolute atomic E-state index is 0.0894. The fourth-order valence-corrected chi connectivity index (χ4v) is 3.41. The summed E-state index contributed by atoms with van der Waals surface area (Å²) in [5, 5.41) is 2.03. The summed E-state index contributed by atoms with van der Waals surface area (Å²) in [7, 11) is 0. The predicted molar refractivity (Wildman–Crippen MR) is 93.8 cm³/mol. The molecule has 0 aliphatic carbocycles. The van der Waals surface area contributed by atoms with Gasteiger partial charge in [-0.15, -0.1) is 11.3 Å². The molecule has 0 saturated heterocycles. The summed E-state index contributed by atoms with van der Waals surface area (Å²) in [5.41, 5.74) is 2.62. The van der Waals surface area contributed by atoms with E-state index < -0.39 is 0 Å². The molecule has 0 fully saturated rings. The molecular formula is C19H14N2OS. The second-order valence-corrected chi connectivity index (χ2v) is 6.22. The normalized spacial score (nSPS) is 11.0. The minimum Gasteiger partial charge on any atom is -0.315 e. The van der Waals surface area contributed by atoms with Crippen LogP contribution in [0.2, 0.25) is 0 Å². The molecule has 0 bridgehead atoms. The lowest BCUT2D eigenvalue weighted by Gasteiger charge is -2.07. The third-order valence-corrected chi connectivity index (χ3v) is 4.66. The first kappa shape index (κ1) is 13.9. The predicted octanol–water partition coefficient (Wildman–Crippen LogP) is 4.65. The van der Waals surface area contributed by atoms with E-state index in [9.17, 15) is 4.79 Å². The fourth-order valence-electron chi connectivity index (χ4n) is 2.69. The van der Waals surface area contributed by atoms with Crippen molar-refractivity contribution in [3.63, 3.8) is 0 Å². The maximum atomic E-state index is 12.6. The highest BCUT2D eigenvalue weighted by molar-refractivity contribution is 7.13. The van der Waals surface area contributed by atoms with Gasteiger partial charge in [0.05, 0.1) is 22.5 Å². The largest absolute Gasteiger partial charge is 0.315 e.